The molecular formula is C62H48BN5OPt-2. The number of pyridine rings is 1. The van der Waals surface area contributed by atoms with Crippen LogP contribution in [0, 0.1) is 15.9 Å². The molecule has 3 aliphatic rings. The van der Waals surface area contributed by atoms with Gasteiger partial charge in [-0.1, -0.05) is 30.3 Å². The molecule has 8 aromatic carbocycles. The summed E-state index contributed by atoms with van der Waals surface area (Å²) in [5, 5.41) is 0. The molecule has 0 atom stereocenters. The van der Waals surface area contributed by atoms with Gasteiger partial charge in [-0.2, -0.15) is 12.1 Å². The number of anilines is 4. The molecule has 0 unspecified atom stereocenters. The Hall–Kier alpha value is -7.47. The minimum absolute atomic E-state index is 0.0340. The normalized spacial score (nSPS) is 13.3. The third-order valence-corrected chi connectivity index (χ3v) is 15.3. The van der Waals surface area contributed by atoms with Crippen molar-refractivity contribution in [3.63, 3.8) is 0 Å². The third-order valence-electron chi connectivity index (χ3n) is 14.2. The first kappa shape index (κ1) is 42.6. The van der Waals surface area contributed by atoms with Gasteiger partial charge in [0.1, 0.15) is 0 Å². The van der Waals surface area contributed by atoms with Crippen molar-refractivity contribution in [1.82, 2.24) is 14.1 Å². The maximum absolute atomic E-state index is 6.79. The predicted octanol–water partition coefficient (Wildman–Crippen LogP) is 14.9. The van der Waals surface area contributed by atoms with Gasteiger partial charge in [0.15, 0.2) is 0 Å². The molecule has 0 spiro atoms. The first-order valence-electron chi connectivity index (χ1n) is 24.0. The van der Waals surface area contributed by atoms with Gasteiger partial charge in [0, 0.05) is 11.3 Å². The van der Waals surface area contributed by atoms with Crippen molar-refractivity contribution >= 4 is 46.4 Å². The summed E-state index contributed by atoms with van der Waals surface area (Å²) in [5.41, 5.74) is 20.7. The van der Waals surface area contributed by atoms with Crippen LogP contribution >= 0.6 is 0 Å². The van der Waals surface area contributed by atoms with Gasteiger partial charge in [0.25, 0.3) is 0 Å². The first-order chi connectivity index (χ1) is 33.9. The Bertz CT molecular complexity index is 3820. The summed E-state index contributed by atoms with van der Waals surface area (Å²) in [4.78, 5) is 10.1. The second-order valence-corrected chi connectivity index (χ2v) is 21.6. The van der Waals surface area contributed by atoms with Gasteiger partial charge in [-0.05, 0) is 11.6 Å². The van der Waals surface area contributed by atoms with Crippen LogP contribution in [0.2, 0.25) is 0 Å². The summed E-state index contributed by atoms with van der Waals surface area (Å²) in [7, 11) is 0. The molecule has 8 heteroatoms. The van der Waals surface area contributed by atoms with Gasteiger partial charge < -0.3 is 0 Å². The fraction of sp³-hybridized carbons (Fsp3) is 0.129. The topological polar surface area (TPSA) is 38.5 Å². The monoisotopic (exact) mass is 1080 g/mol. The molecule has 0 saturated heterocycles. The van der Waals surface area contributed by atoms with Crippen LogP contribution in [-0.2, 0) is 30.2 Å². The van der Waals surface area contributed by atoms with E-state index >= 15 is 0 Å². The van der Waals surface area contributed by atoms with Gasteiger partial charge in [-0.3, -0.25) is 0 Å². The molecule has 0 radical (unpaired) electrons. The van der Waals surface area contributed by atoms with Gasteiger partial charge in [0.05, 0.1) is 0 Å². The first-order valence-corrected chi connectivity index (χ1v) is 25.1. The average Bonchev–Trinajstić information content (AvgIpc) is 3.88. The van der Waals surface area contributed by atoms with Crippen LogP contribution < -0.4 is 19.8 Å². The van der Waals surface area contributed by atoms with E-state index < -0.39 is 0 Å². The van der Waals surface area contributed by atoms with E-state index in [9.17, 15) is 0 Å². The Morgan fingerprint density at radius 2 is 1.16 bits per heavy atom. The maximum atomic E-state index is 6.79. The average molecular weight is 1080 g/mol. The number of ether oxygens (including phenoxy) is 1. The molecule has 5 heterocycles. The van der Waals surface area contributed by atoms with Crippen LogP contribution in [0.3, 0.4) is 0 Å². The number of hydrogen-bond acceptors (Lipinski definition) is 4. The standard InChI is InChI=1S/C62H48BN5O.Pt/c1-61(2,3)42-32-30-41(31-33-42)51-37-43(62(4,5)6)36-50(40-18-8-7-9-19-40)59(51)66-39-65(53-26-12-13-27-54(53)66)44-20-16-21-45(38-44)69-57-35-34-49-48-24-17-23-47-46-22-10-11-25-52(46)67-55-28-14-15-29-56(55)68(60(49)64-57)63(67)58(47)48;/h7-28,30-37H,1-6H3;/q-2;. The van der Waals surface area contributed by atoms with Crippen LogP contribution in [-0.4, -0.2) is 21.1 Å². The third kappa shape index (κ3) is 6.58. The van der Waals surface area contributed by atoms with E-state index in [-0.39, 0.29) is 17.8 Å². The number of fused-ring (bicyclic) bond motifs is 10. The SMILES string of the molecule is CC(C)(C)c1ccc(-c2cc(C(C)(C)C)cc(-c3ccccc3)c2-n2[c](=[Pt])n(-c3[c-]c(Oc4ccc5c(n4)N4B6c7c(cccc7-5)-c5ccccc5N6c5ccc[c-]c54)ccc3)c3ccccc32)cc1. The van der Waals surface area contributed by atoms with E-state index in [0.717, 1.165) is 54.5 Å². The number of para-hydroxylation sites is 4. The molecule has 70 heavy (non-hydrogen) atoms. The Labute approximate surface area is 420 Å². The molecule has 0 fully saturated rings. The summed E-state index contributed by atoms with van der Waals surface area (Å²) < 4.78 is 12.5. The van der Waals surface area contributed by atoms with Crippen LogP contribution in [0.4, 0.5) is 22.9 Å². The van der Waals surface area contributed by atoms with Gasteiger partial charge in [-0.15, -0.1) is 6.07 Å². The molecule has 0 bridgehead atoms. The number of hydrogen-bond donors (Lipinski definition) is 0. The van der Waals surface area contributed by atoms with Crippen molar-refractivity contribution in [3.8, 4) is 67.5 Å². The molecule has 0 saturated carbocycles. The zero-order valence-electron chi connectivity index (χ0n) is 39.9. The molecule has 10 aromatic rings. The molecule has 0 N–H and O–H groups in total. The molecule has 6 nitrogen and oxygen atoms in total. The summed E-state index contributed by atoms with van der Waals surface area (Å²) in [6, 6.07) is 72.7. The fourth-order valence-electron chi connectivity index (χ4n) is 10.8. The number of nitrogens with zero attached hydrogens (tertiary/aromatic N) is 5. The summed E-state index contributed by atoms with van der Waals surface area (Å²) >= 11 is 2.51. The summed E-state index contributed by atoms with van der Waals surface area (Å²) in [6.07, 6.45) is 0. The zero-order chi connectivity index (χ0) is 47.6. The number of benzene rings is 8. The van der Waals surface area contributed by atoms with E-state index in [0.29, 0.717) is 11.6 Å². The van der Waals surface area contributed by atoms with Crippen molar-refractivity contribution in [2.75, 3.05) is 9.62 Å². The van der Waals surface area contributed by atoms with Crippen molar-refractivity contribution in [2.45, 2.75) is 52.4 Å². The fourth-order valence-corrected chi connectivity index (χ4v) is 11.9. The molecule has 13 rings (SSSR count). The number of imidazole rings is 1. The Morgan fingerprint density at radius 1 is 0.529 bits per heavy atom. The van der Waals surface area contributed by atoms with E-state index in [1.807, 2.05) is 24.3 Å². The number of aromatic nitrogens is 3. The second kappa shape index (κ2) is 15.8. The Balaban J connectivity index is 0.951. The second-order valence-electron chi connectivity index (χ2n) is 20.6. The number of rotatable bonds is 6. The quantitative estimate of drug-likeness (QED) is 0.123. The molecule has 0 amide bonds. The van der Waals surface area contributed by atoms with E-state index in [2.05, 4.69) is 250 Å². The van der Waals surface area contributed by atoms with Gasteiger partial charge in [-0.25, -0.2) is 0 Å². The Morgan fingerprint density at radius 3 is 1.90 bits per heavy atom. The van der Waals surface area contributed by atoms with Crippen molar-refractivity contribution in [3.05, 3.63) is 209 Å². The molecule has 2 aromatic heterocycles. The molecule has 3 aliphatic heterocycles. The van der Waals surface area contributed by atoms with E-state index in [1.54, 1.807) is 0 Å². The predicted molar refractivity (Wildman–Crippen MR) is 283 cm³/mol. The van der Waals surface area contributed by atoms with Gasteiger partial charge in [0.2, 0.25) is 0 Å². The van der Waals surface area contributed by atoms with Crippen molar-refractivity contribution in [2.24, 2.45) is 0 Å². The van der Waals surface area contributed by atoms with Crippen LogP contribution in [0.5, 0.6) is 11.6 Å². The Kier molecular flexibility index (Phi) is 9.61. The van der Waals surface area contributed by atoms with E-state index in [1.165, 1.54) is 55.7 Å². The van der Waals surface area contributed by atoms with Crippen molar-refractivity contribution in [1.29, 1.82) is 0 Å². The minimum atomic E-state index is -0.105. The van der Waals surface area contributed by atoms with Gasteiger partial charge >= 0.3 is 352 Å². The molecule has 342 valence electrons. The zero-order valence-corrected chi connectivity index (χ0v) is 42.1. The van der Waals surface area contributed by atoms with Crippen molar-refractivity contribution < 1.29 is 24.1 Å². The molecule has 0 aliphatic carbocycles. The van der Waals surface area contributed by atoms with Crippen LogP contribution in [0.25, 0.3) is 66.9 Å². The summed E-state index contributed by atoms with van der Waals surface area (Å²) in [6.45, 7) is 13.6. The summed E-state index contributed by atoms with van der Waals surface area (Å²) in [5.74, 6) is 1.91. The van der Waals surface area contributed by atoms with Crippen LogP contribution in [0.15, 0.2) is 182 Å². The van der Waals surface area contributed by atoms with Crippen LogP contribution in [0.1, 0.15) is 52.7 Å². The molecular weight excluding hydrogens is 1040 g/mol. The van der Waals surface area contributed by atoms with E-state index in [4.69, 9.17) is 9.72 Å².